The first kappa shape index (κ1) is 26.9. The number of piperidine rings is 1. The summed E-state index contributed by atoms with van der Waals surface area (Å²) in [6.45, 7) is 1.20. The number of hydrogen-bond donors (Lipinski definition) is 3. The molecule has 0 radical (unpaired) electrons. The van der Waals surface area contributed by atoms with Crippen LogP contribution in [0.3, 0.4) is 0 Å². The topological polar surface area (TPSA) is 79.5 Å². The Kier molecular flexibility index (Phi) is 7.02. The molecule has 2 aromatic carbocycles. The summed E-state index contributed by atoms with van der Waals surface area (Å²) in [5.74, 6) is -0.664. The zero-order valence-electron chi connectivity index (χ0n) is 19.7. The predicted octanol–water partition coefficient (Wildman–Crippen LogP) is 4.07. The van der Waals surface area contributed by atoms with Crippen LogP contribution < -0.4 is 16.0 Å². The zero-order chi connectivity index (χ0) is 27.1. The van der Waals surface area contributed by atoms with Crippen LogP contribution in [0.2, 0.25) is 0 Å². The van der Waals surface area contributed by atoms with Crippen molar-refractivity contribution in [2.75, 3.05) is 19.7 Å². The fourth-order valence-electron chi connectivity index (χ4n) is 4.71. The number of ether oxygens (including phenoxy) is 1. The van der Waals surface area contributed by atoms with Crippen LogP contribution in [0.5, 0.6) is 0 Å². The summed E-state index contributed by atoms with van der Waals surface area (Å²) in [7, 11) is 0. The lowest BCUT2D eigenvalue weighted by Crippen LogP contribution is -2.73. The van der Waals surface area contributed by atoms with Gasteiger partial charge in [0.1, 0.15) is 5.54 Å². The normalized spacial score (nSPS) is 25.5. The molecule has 2 saturated heterocycles. The molecular formula is C25H25F6N3O3. The Morgan fingerprint density at radius 2 is 1.57 bits per heavy atom. The Hall–Kier alpha value is -3.12. The van der Waals surface area contributed by atoms with Gasteiger partial charge in [-0.25, -0.2) is 0 Å². The maximum absolute atomic E-state index is 13.3. The number of hydrogen-bond acceptors (Lipinski definition) is 4. The number of nitrogens with one attached hydrogen (secondary N) is 3. The number of carbonyl (C=O) groups is 2. The Bertz CT molecular complexity index is 1130. The first-order valence-electron chi connectivity index (χ1n) is 11.6. The molecule has 3 N–H and O–H groups in total. The summed E-state index contributed by atoms with van der Waals surface area (Å²) >= 11 is 0. The van der Waals surface area contributed by atoms with Gasteiger partial charge in [-0.3, -0.25) is 9.59 Å². The van der Waals surface area contributed by atoms with Gasteiger partial charge in [0.15, 0.2) is 0 Å². The molecule has 0 bridgehead atoms. The molecule has 4 rings (SSSR count). The van der Waals surface area contributed by atoms with Crippen molar-refractivity contribution in [3.8, 4) is 0 Å². The number of benzene rings is 2. The number of alkyl halides is 6. The van der Waals surface area contributed by atoms with E-state index in [1.165, 1.54) is 6.92 Å². The third-order valence-corrected chi connectivity index (χ3v) is 6.92. The van der Waals surface area contributed by atoms with E-state index in [1.807, 2.05) is 12.1 Å². The number of rotatable bonds is 5. The number of amides is 2. The van der Waals surface area contributed by atoms with E-state index in [0.717, 1.165) is 5.56 Å². The second kappa shape index (κ2) is 9.64. The highest BCUT2D eigenvalue weighted by molar-refractivity contribution is 5.98. The van der Waals surface area contributed by atoms with E-state index in [4.69, 9.17) is 4.74 Å². The first-order valence-corrected chi connectivity index (χ1v) is 11.6. The van der Waals surface area contributed by atoms with Gasteiger partial charge in [0.05, 0.1) is 35.9 Å². The quantitative estimate of drug-likeness (QED) is 0.511. The smallest absolute Gasteiger partial charge is 0.372 e. The summed E-state index contributed by atoms with van der Waals surface area (Å²) in [5, 5.41) is 8.57. The summed E-state index contributed by atoms with van der Waals surface area (Å²) in [4.78, 5) is 24.5. The third-order valence-electron chi connectivity index (χ3n) is 6.92. The molecule has 2 aliphatic rings. The minimum atomic E-state index is -4.97. The van der Waals surface area contributed by atoms with E-state index in [1.54, 1.807) is 18.2 Å². The molecule has 2 fully saturated rings. The average molecular weight is 529 g/mol. The highest BCUT2D eigenvalue weighted by atomic mass is 19.4. The lowest BCUT2D eigenvalue weighted by molar-refractivity contribution is -0.143. The Morgan fingerprint density at radius 3 is 2.11 bits per heavy atom. The van der Waals surface area contributed by atoms with E-state index in [9.17, 15) is 35.9 Å². The Morgan fingerprint density at radius 1 is 0.946 bits per heavy atom. The average Bonchev–Trinajstić information content (AvgIpc) is 2.85. The van der Waals surface area contributed by atoms with E-state index in [-0.39, 0.29) is 49.6 Å². The van der Waals surface area contributed by atoms with Crippen LogP contribution in [0.4, 0.5) is 26.3 Å². The highest BCUT2D eigenvalue weighted by Crippen LogP contribution is 2.39. The Labute approximate surface area is 208 Å². The van der Waals surface area contributed by atoms with E-state index < -0.39 is 40.7 Å². The van der Waals surface area contributed by atoms with Gasteiger partial charge in [0, 0.05) is 6.54 Å². The van der Waals surface area contributed by atoms with Crippen LogP contribution >= 0.6 is 0 Å². The van der Waals surface area contributed by atoms with Gasteiger partial charge < -0.3 is 20.7 Å². The van der Waals surface area contributed by atoms with Crippen molar-refractivity contribution in [3.63, 3.8) is 0 Å². The van der Waals surface area contributed by atoms with Crippen molar-refractivity contribution in [3.05, 3.63) is 70.8 Å². The van der Waals surface area contributed by atoms with Crippen LogP contribution in [0, 0.1) is 0 Å². The largest absolute Gasteiger partial charge is 0.416 e. The molecule has 12 heteroatoms. The molecule has 2 heterocycles. The standard InChI is InChI=1S/C25H25F6N3O3/c1-15(16-9-18(24(26,27)28)11-19(10-16)25(29,30)31)37-14-23(17-5-3-2-4-6-17)8-7-22(13-33-23)21(36)32-12-20(35)34-22/h2-6,9-11,15,33H,7-8,12-14H2,1H3,(H,32,36)(H,34,35). The van der Waals surface area contributed by atoms with Crippen molar-refractivity contribution < 1.29 is 40.7 Å². The molecule has 0 aliphatic carbocycles. The fraction of sp³-hybridized carbons (Fsp3) is 0.440. The van der Waals surface area contributed by atoms with Gasteiger partial charge in [0.25, 0.3) is 0 Å². The molecule has 0 saturated carbocycles. The van der Waals surface area contributed by atoms with Crippen LogP contribution in [0.1, 0.15) is 48.1 Å². The molecule has 3 atom stereocenters. The third kappa shape index (κ3) is 5.59. The summed E-state index contributed by atoms with van der Waals surface area (Å²) in [6, 6.07) is 10.4. The number of carbonyl (C=O) groups excluding carboxylic acids is 2. The SMILES string of the molecule is CC(OCC1(c2ccccc2)CCC2(CN1)NC(=O)CNC2=O)c1cc(C(F)(F)F)cc(C(F)(F)F)c1. The van der Waals surface area contributed by atoms with Crippen LogP contribution in [0.15, 0.2) is 48.5 Å². The predicted molar refractivity (Wildman–Crippen MR) is 120 cm³/mol. The van der Waals surface area contributed by atoms with E-state index in [0.29, 0.717) is 18.6 Å². The molecule has 2 aromatic rings. The van der Waals surface area contributed by atoms with Crippen molar-refractivity contribution in [2.24, 2.45) is 0 Å². The summed E-state index contributed by atoms with van der Waals surface area (Å²) in [5.41, 5.74) is -4.40. The minimum Gasteiger partial charge on any atom is -0.372 e. The van der Waals surface area contributed by atoms with Gasteiger partial charge in [0.2, 0.25) is 11.8 Å². The van der Waals surface area contributed by atoms with Crippen LogP contribution in [0.25, 0.3) is 0 Å². The molecule has 3 unspecified atom stereocenters. The molecule has 37 heavy (non-hydrogen) atoms. The zero-order valence-corrected chi connectivity index (χ0v) is 19.7. The van der Waals surface area contributed by atoms with Gasteiger partial charge in [-0.05, 0) is 49.1 Å². The second-order valence-corrected chi connectivity index (χ2v) is 9.41. The highest BCUT2D eigenvalue weighted by Gasteiger charge is 2.50. The monoisotopic (exact) mass is 529 g/mol. The van der Waals surface area contributed by atoms with Gasteiger partial charge in [-0.1, -0.05) is 30.3 Å². The molecule has 2 amide bonds. The molecular weight excluding hydrogens is 504 g/mol. The summed E-state index contributed by atoms with van der Waals surface area (Å²) < 4.78 is 85.8. The lowest BCUT2D eigenvalue weighted by atomic mass is 9.75. The molecule has 6 nitrogen and oxygen atoms in total. The first-order chi connectivity index (χ1) is 17.2. The lowest BCUT2D eigenvalue weighted by Gasteiger charge is -2.48. The van der Waals surface area contributed by atoms with Crippen molar-refractivity contribution in [1.82, 2.24) is 16.0 Å². The maximum Gasteiger partial charge on any atom is 0.416 e. The Balaban J connectivity index is 1.59. The van der Waals surface area contributed by atoms with Crippen molar-refractivity contribution in [1.29, 1.82) is 0 Å². The van der Waals surface area contributed by atoms with Crippen LogP contribution in [-0.2, 0) is 32.2 Å². The number of halogens is 6. The van der Waals surface area contributed by atoms with E-state index >= 15 is 0 Å². The molecule has 2 aliphatic heterocycles. The molecule has 1 spiro atoms. The molecule has 200 valence electrons. The second-order valence-electron chi connectivity index (χ2n) is 9.41. The van der Waals surface area contributed by atoms with Crippen molar-refractivity contribution in [2.45, 2.75) is 49.3 Å². The fourth-order valence-corrected chi connectivity index (χ4v) is 4.71. The van der Waals surface area contributed by atoms with Crippen molar-refractivity contribution >= 4 is 11.8 Å². The minimum absolute atomic E-state index is 0.0546. The molecule has 0 aromatic heterocycles. The number of piperazine rings is 1. The van der Waals surface area contributed by atoms with Crippen LogP contribution in [-0.4, -0.2) is 37.0 Å². The summed E-state index contributed by atoms with van der Waals surface area (Å²) in [6.07, 6.45) is -10.5. The maximum atomic E-state index is 13.3. The van der Waals surface area contributed by atoms with E-state index in [2.05, 4.69) is 16.0 Å². The van der Waals surface area contributed by atoms with Gasteiger partial charge >= 0.3 is 12.4 Å². The van der Waals surface area contributed by atoms with Gasteiger partial charge in [-0.2, -0.15) is 26.3 Å². The van der Waals surface area contributed by atoms with Gasteiger partial charge in [-0.15, -0.1) is 0 Å².